The monoisotopic (exact) mass is 388 g/mol. The van der Waals surface area contributed by atoms with Crippen molar-refractivity contribution in [3.8, 4) is 0 Å². The summed E-state index contributed by atoms with van der Waals surface area (Å²) in [5.41, 5.74) is -2.62. The van der Waals surface area contributed by atoms with E-state index >= 15 is 0 Å². The van der Waals surface area contributed by atoms with Crippen LogP contribution in [0.5, 0.6) is 0 Å². The second-order valence-electron chi connectivity index (χ2n) is 8.51. The van der Waals surface area contributed by atoms with Crippen LogP contribution in [0, 0.1) is 22.2 Å². The molecule has 6 nitrogen and oxygen atoms in total. The summed E-state index contributed by atoms with van der Waals surface area (Å²) < 4.78 is 16.2. The molecule has 4 bridgehead atoms. The molecule has 152 valence electrons. The Morgan fingerprint density at radius 1 is 0.679 bits per heavy atom. The van der Waals surface area contributed by atoms with Gasteiger partial charge in [-0.15, -0.1) is 0 Å². The smallest absolute Gasteiger partial charge is 0.312 e. The van der Waals surface area contributed by atoms with Gasteiger partial charge in [0.15, 0.2) is 0 Å². The zero-order valence-corrected chi connectivity index (χ0v) is 16.2. The standard InChI is InChI=1S/C22H28O6/c1-4-7-26-17(23)20-10-16-11-21(13-20,18(24)27-8-5-2)15-22(12-16,14-20)19(25)28-9-6-3/h4-6,16H,1-3,7-15H2. The maximum Gasteiger partial charge on any atom is 0.312 e. The fourth-order valence-electron chi connectivity index (χ4n) is 5.98. The Labute approximate surface area is 165 Å². The van der Waals surface area contributed by atoms with Crippen molar-refractivity contribution in [2.75, 3.05) is 19.8 Å². The third kappa shape index (κ3) is 3.29. The molecule has 4 aliphatic rings. The second-order valence-corrected chi connectivity index (χ2v) is 8.51. The van der Waals surface area contributed by atoms with Crippen molar-refractivity contribution in [3.05, 3.63) is 38.0 Å². The van der Waals surface area contributed by atoms with Crippen molar-refractivity contribution in [3.63, 3.8) is 0 Å². The Bertz CT molecular complexity index is 605. The largest absolute Gasteiger partial charge is 0.461 e. The van der Waals surface area contributed by atoms with E-state index in [1.54, 1.807) is 0 Å². The first-order chi connectivity index (χ1) is 13.4. The number of ether oxygens (including phenoxy) is 3. The summed E-state index contributed by atoms with van der Waals surface area (Å²) in [4.78, 5) is 39.0. The lowest BCUT2D eigenvalue weighted by molar-refractivity contribution is -0.214. The van der Waals surface area contributed by atoms with E-state index < -0.39 is 16.2 Å². The fraction of sp³-hybridized carbons (Fsp3) is 0.591. The summed E-state index contributed by atoms with van der Waals surface area (Å²) in [6.07, 6.45) is 7.45. The van der Waals surface area contributed by atoms with Gasteiger partial charge in [0.25, 0.3) is 0 Å². The summed E-state index contributed by atoms with van der Waals surface area (Å²) in [6, 6.07) is 0. The van der Waals surface area contributed by atoms with E-state index in [4.69, 9.17) is 14.2 Å². The van der Waals surface area contributed by atoms with Gasteiger partial charge in [0, 0.05) is 0 Å². The molecule has 6 heteroatoms. The minimum Gasteiger partial charge on any atom is -0.461 e. The highest BCUT2D eigenvalue weighted by atomic mass is 16.5. The van der Waals surface area contributed by atoms with Crippen molar-refractivity contribution >= 4 is 17.9 Å². The molecular weight excluding hydrogens is 360 g/mol. The first-order valence-corrected chi connectivity index (χ1v) is 9.70. The highest BCUT2D eigenvalue weighted by Gasteiger charge is 2.71. The molecule has 0 N–H and O–H groups in total. The number of carbonyl (C=O) groups is 3. The molecule has 4 saturated carbocycles. The van der Waals surface area contributed by atoms with E-state index in [1.165, 1.54) is 18.2 Å². The molecule has 0 saturated heterocycles. The van der Waals surface area contributed by atoms with Crippen LogP contribution < -0.4 is 0 Å². The maximum absolute atomic E-state index is 13.0. The van der Waals surface area contributed by atoms with Gasteiger partial charge in [-0.05, 0) is 44.4 Å². The second kappa shape index (κ2) is 7.57. The highest BCUT2D eigenvalue weighted by Crippen LogP contribution is 2.70. The molecule has 0 atom stereocenters. The average Bonchev–Trinajstić information content (AvgIpc) is 2.67. The number of esters is 3. The minimum absolute atomic E-state index is 0.0695. The molecule has 4 aliphatic carbocycles. The van der Waals surface area contributed by atoms with Crippen LogP contribution in [0.15, 0.2) is 38.0 Å². The molecule has 4 rings (SSSR count). The van der Waals surface area contributed by atoms with E-state index in [1.807, 2.05) is 0 Å². The topological polar surface area (TPSA) is 78.9 Å². The summed E-state index contributed by atoms with van der Waals surface area (Å²) in [6.45, 7) is 11.1. The third-order valence-corrected chi connectivity index (χ3v) is 6.36. The van der Waals surface area contributed by atoms with Gasteiger partial charge in [0.1, 0.15) is 19.8 Å². The van der Waals surface area contributed by atoms with Crippen LogP contribution in [-0.4, -0.2) is 37.7 Å². The normalized spacial score (nSPS) is 34.9. The molecule has 0 amide bonds. The van der Waals surface area contributed by atoms with E-state index in [0.29, 0.717) is 38.5 Å². The SMILES string of the molecule is C=CCOC(=O)C12CC3CC(C(=O)OCC=C)(C1)CC(C(=O)OCC=C)(C3)C2. The van der Waals surface area contributed by atoms with Gasteiger partial charge in [-0.1, -0.05) is 38.0 Å². The van der Waals surface area contributed by atoms with Crippen LogP contribution in [0.25, 0.3) is 0 Å². The molecule has 4 fully saturated rings. The van der Waals surface area contributed by atoms with E-state index in [9.17, 15) is 14.4 Å². The number of hydrogen-bond acceptors (Lipinski definition) is 6. The molecule has 0 aromatic rings. The predicted octanol–water partition coefficient (Wildman–Crippen LogP) is 3.13. The van der Waals surface area contributed by atoms with E-state index in [0.717, 1.165) is 0 Å². The van der Waals surface area contributed by atoms with Crippen LogP contribution in [0.4, 0.5) is 0 Å². The van der Waals surface area contributed by atoms with Gasteiger partial charge in [0.2, 0.25) is 0 Å². The lowest BCUT2D eigenvalue weighted by Crippen LogP contribution is -2.64. The average molecular weight is 388 g/mol. The van der Waals surface area contributed by atoms with Gasteiger partial charge < -0.3 is 14.2 Å². The van der Waals surface area contributed by atoms with E-state index in [2.05, 4.69) is 19.7 Å². The first kappa shape index (κ1) is 20.4. The van der Waals surface area contributed by atoms with Gasteiger partial charge in [-0.2, -0.15) is 0 Å². The van der Waals surface area contributed by atoms with Gasteiger partial charge in [0.05, 0.1) is 16.2 Å². The Balaban J connectivity index is 1.98. The minimum atomic E-state index is -0.872. The molecule has 0 unspecified atom stereocenters. The van der Waals surface area contributed by atoms with Crippen molar-refractivity contribution in [2.45, 2.75) is 38.5 Å². The summed E-state index contributed by atoms with van der Waals surface area (Å²) in [5, 5.41) is 0. The van der Waals surface area contributed by atoms with Crippen LogP contribution in [0.1, 0.15) is 38.5 Å². The Hall–Kier alpha value is -2.37. The summed E-state index contributed by atoms with van der Waals surface area (Å²) in [5.74, 6) is -1.02. The zero-order chi connectivity index (χ0) is 20.4. The molecule has 0 radical (unpaired) electrons. The molecular formula is C22H28O6. The Kier molecular flexibility index (Phi) is 5.50. The molecule has 0 heterocycles. The number of carbonyl (C=O) groups excluding carboxylic acids is 3. The van der Waals surface area contributed by atoms with Crippen LogP contribution >= 0.6 is 0 Å². The lowest BCUT2D eigenvalue weighted by atomic mass is 9.39. The van der Waals surface area contributed by atoms with Crippen molar-refractivity contribution in [1.29, 1.82) is 0 Å². The summed E-state index contributed by atoms with van der Waals surface area (Å²) in [7, 11) is 0. The molecule has 0 aromatic carbocycles. The Morgan fingerprint density at radius 2 is 0.964 bits per heavy atom. The quantitative estimate of drug-likeness (QED) is 0.343. The highest BCUT2D eigenvalue weighted by molar-refractivity contribution is 5.87. The summed E-state index contributed by atoms with van der Waals surface area (Å²) >= 11 is 0. The van der Waals surface area contributed by atoms with Crippen molar-refractivity contribution < 1.29 is 28.6 Å². The Morgan fingerprint density at radius 3 is 1.21 bits per heavy atom. The van der Waals surface area contributed by atoms with Crippen LogP contribution in [-0.2, 0) is 28.6 Å². The molecule has 28 heavy (non-hydrogen) atoms. The van der Waals surface area contributed by atoms with Gasteiger partial charge in [-0.3, -0.25) is 14.4 Å². The van der Waals surface area contributed by atoms with Gasteiger partial charge >= 0.3 is 17.9 Å². The number of rotatable bonds is 9. The fourth-order valence-corrected chi connectivity index (χ4v) is 5.98. The first-order valence-electron chi connectivity index (χ1n) is 9.70. The molecule has 0 aliphatic heterocycles. The van der Waals surface area contributed by atoms with E-state index in [-0.39, 0.29) is 43.6 Å². The molecule has 0 spiro atoms. The zero-order valence-electron chi connectivity index (χ0n) is 16.2. The van der Waals surface area contributed by atoms with Crippen LogP contribution in [0.3, 0.4) is 0 Å². The lowest BCUT2D eigenvalue weighted by Gasteiger charge is -2.62. The van der Waals surface area contributed by atoms with Gasteiger partial charge in [-0.25, -0.2) is 0 Å². The van der Waals surface area contributed by atoms with Crippen molar-refractivity contribution in [2.24, 2.45) is 22.2 Å². The molecule has 0 aromatic heterocycles. The van der Waals surface area contributed by atoms with Crippen LogP contribution in [0.2, 0.25) is 0 Å². The number of hydrogen-bond donors (Lipinski definition) is 0. The predicted molar refractivity (Wildman–Crippen MR) is 102 cm³/mol. The third-order valence-electron chi connectivity index (χ3n) is 6.36. The van der Waals surface area contributed by atoms with Crippen molar-refractivity contribution in [1.82, 2.24) is 0 Å². The maximum atomic E-state index is 13.0.